The normalized spacial score (nSPS) is 14.9. The molecule has 0 aromatic heterocycles. The van der Waals surface area contributed by atoms with Gasteiger partial charge in [0.15, 0.2) is 5.78 Å². The number of carbonyl (C=O) groups excluding carboxylic acids is 1. The van der Waals surface area contributed by atoms with E-state index in [1.807, 2.05) is 0 Å². The molecule has 1 aliphatic heterocycles. The first-order chi connectivity index (χ1) is 10.7. The number of ketones is 1. The number of carbonyl (C=O) groups is 1. The Morgan fingerprint density at radius 3 is 2.17 bits per heavy atom. The molecule has 0 fully saturated rings. The number of nitrogens with zero attached hydrogens (tertiary/aromatic N) is 1. The molecule has 0 N–H and O–H groups in total. The van der Waals surface area contributed by atoms with E-state index in [0.29, 0.717) is 12.1 Å². The van der Waals surface area contributed by atoms with E-state index in [4.69, 9.17) is 0 Å². The Morgan fingerprint density at radius 2 is 1.57 bits per heavy atom. The van der Waals surface area contributed by atoms with Crippen molar-refractivity contribution < 1.29 is 26.4 Å². The van der Waals surface area contributed by atoms with Crippen LogP contribution in [-0.2, 0) is 16.2 Å². The van der Waals surface area contributed by atoms with Crippen molar-refractivity contribution in [1.29, 1.82) is 0 Å². The van der Waals surface area contributed by atoms with E-state index in [1.54, 1.807) is 12.1 Å². The molecule has 0 aliphatic carbocycles. The van der Waals surface area contributed by atoms with Crippen LogP contribution in [0, 0.1) is 0 Å². The third kappa shape index (κ3) is 2.59. The van der Waals surface area contributed by atoms with E-state index in [1.165, 1.54) is 12.1 Å². The molecule has 1 aliphatic rings. The van der Waals surface area contributed by atoms with E-state index in [0.717, 1.165) is 16.4 Å². The highest BCUT2D eigenvalue weighted by atomic mass is 32.2. The zero-order chi connectivity index (χ0) is 16.8. The molecule has 0 saturated carbocycles. The van der Waals surface area contributed by atoms with Crippen LogP contribution in [0.4, 0.5) is 18.9 Å². The summed E-state index contributed by atoms with van der Waals surface area (Å²) in [6.45, 7) is -0.358. The number of benzene rings is 2. The molecule has 2 aromatic rings. The maximum atomic E-state index is 12.6. The summed E-state index contributed by atoms with van der Waals surface area (Å²) in [5, 5.41) is 0. The van der Waals surface area contributed by atoms with E-state index in [9.17, 15) is 26.4 Å². The van der Waals surface area contributed by atoms with Crippen molar-refractivity contribution in [2.24, 2.45) is 0 Å². The van der Waals surface area contributed by atoms with Gasteiger partial charge < -0.3 is 0 Å². The number of rotatable bonds is 2. The van der Waals surface area contributed by atoms with Crippen LogP contribution >= 0.6 is 0 Å². The molecule has 0 saturated heterocycles. The van der Waals surface area contributed by atoms with Crippen LogP contribution in [0.2, 0.25) is 0 Å². The molecule has 120 valence electrons. The fourth-order valence-electron chi connectivity index (χ4n) is 2.39. The largest absolute Gasteiger partial charge is 0.416 e. The lowest BCUT2D eigenvalue weighted by atomic mass is 10.1. The van der Waals surface area contributed by atoms with E-state index in [-0.39, 0.29) is 28.5 Å². The molecule has 23 heavy (non-hydrogen) atoms. The molecule has 1 heterocycles. The number of fused-ring (bicyclic) bond motifs is 1. The second-order valence-corrected chi connectivity index (χ2v) is 6.84. The van der Waals surface area contributed by atoms with Gasteiger partial charge in [0, 0.05) is 5.56 Å². The number of Topliss-reactive ketones (excluding diaryl/α,β-unsaturated/α-hetero) is 1. The van der Waals surface area contributed by atoms with Crippen molar-refractivity contribution in [2.75, 3.05) is 10.8 Å². The first-order valence-corrected chi connectivity index (χ1v) is 7.97. The van der Waals surface area contributed by atoms with Gasteiger partial charge in [-0.2, -0.15) is 13.2 Å². The zero-order valence-corrected chi connectivity index (χ0v) is 12.4. The third-order valence-electron chi connectivity index (χ3n) is 3.53. The average molecular weight is 341 g/mol. The van der Waals surface area contributed by atoms with Gasteiger partial charge in [-0.15, -0.1) is 0 Å². The smallest absolute Gasteiger partial charge is 0.292 e. The van der Waals surface area contributed by atoms with Crippen molar-refractivity contribution in [3.8, 4) is 0 Å². The van der Waals surface area contributed by atoms with Crippen molar-refractivity contribution in [2.45, 2.75) is 11.1 Å². The Labute approximate surface area is 130 Å². The van der Waals surface area contributed by atoms with E-state index in [2.05, 4.69) is 0 Å². The molecule has 4 nitrogen and oxygen atoms in total. The van der Waals surface area contributed by atoms with E-state index < -0.39 is 21.8 Å². The predicted molar refractivity (Wildman–Crippen MR) is 76.7 cm³/mol. The van der Waals surface area contributed by atoms with Gasteiger partial charge in [-0.25, -0.2) is 8.42 Å². The fourth-order valence-corrected chi connectivity index (χ4v) is 3.83. The highest BCUT2D eigenvalue weighted by Crippen LogP contribution is 2.34. The van der Waals surface area contributed by atoms with Crippen molar-refractivity contribution in [1.82, 2.24) is 0 Å². The SMILES string of the molecule is O=C1CN(S(=O)(=O)c2ccc(C(F)(F)F)cc2)c2ccccc21. The van der Waals surface area contributed by atoms with E-state index >= 15 is 0 Å². The number of para-hydroxylation sites is 1. The Balaban J connectivity index is 2.02. The molecule has 3 rings (SSSR count). The van der Waals surface area contributed by atoms with Gasteiger partial charge in [-0.05, 0) is 36.4 Å². The standard InChI is InChI=1S/C15H10F3NO3S/c16-15(17,18)10-5-7-11(8-6-10)23(21,22)19-9-14(20)12-3-1-2-4-13(12)19/h1-8H,9H2. The Hall–Kier alpha value is -2.35. The molecule has 0 bridgehead atoms. The number of anilines is 1. The Morgan fingerprint density at radius 1 is 0.957 bits per heavy atom. The van der Waals surface area contributed by atoms with Crippen LogP contribution in [-0.4, -0.2) is 20.7 Å². The van der Waals surface area contributed by atoms with Gasteiger partial charge in [-0.1, -0.05) is 12.1 Å². The van der Waals surface area contributed by atoms with Crippen molar-refractivity contribution in [3.63, 3.8) is 0 Å². The van der Waals surface area contributed by atoms with Crippen molar-refractivity contribution >= 4 is 21.5 Å². The minimum Gasteiger partial charge on any atom is -0.292 e. The molecule has 0 atom stereocenters. The lowest BCUT2D eigenvalue weighted by Crippen LogP contribution is -2.30. The molecule has 0 unspecified atom stereocenters. The summed E-state index contributed by atoms with van der Waals surface area (Å²) in [7, 11) is -4.10. The molecular formula is C15H10F3NO3S. The van der Waals surface area contributed by atoms with Crippen LogP contribution in [0.25, 0.3) is 0 Å². The van der Waals surface area contributed by atoms with Gasteiger partial charge in [0.1, 0.15) is 0 Å². The monoisotopic (exact) mass is 341 g/mol. The summed E-state index contributed by atoms with van der Waals surface area (Å²) in [5.74, 6) is -0.351. The van der Waals surface area contributed by atoms with Gasteiger partial charge >= 0.3 is 6.18 Å². The summed E-state index contributed by atoms with van der Waals surface area (Å²) in [5.41, 5.74) is -0.422. The summed E-state index contributed by atoms with van der Waals surface area (Å²) in [4.78, 5) is 11.6. The maximum Gasteiger partial charge on any atom is 0.416 e. The quantitative estimate of drug-likeness (QED) is 0.843. The van der Waals surface area contributed by atoms with Crippen LogP contribution in [0.3, 0.4) is 0 Å². The second kappa shape index (κ2) is 5.09. The number of hydrogen-bond donors (Lipinski definition) is 0. The van der Waals surface area contributed by atoms with Crippen LogP contribution in [0.1, 0.15) is 15.9 Å². The zero-order valence-electron chi connectivity index (χ0n) is 11.5. The van der Waals surface area contributed by atoms with Crippen LogP contribution < -0.4 is 4.31 Å². The molecule has 8 heteroatoms. The first kappa shape index (κ1) is 15.5. The number of sulfonamides is 1. The van der Waals surface area contributed by atoms with Gasteiger partial charge in [0.2, 0.25) is 0 Å². The summed E-state index contributed by atoms with van der Waals surface area (Å²) in [6, 6.07) is 9.40. The predicted octanol–water partition coefficient (Wildman–Crippen LogP) is 3.10. The summed E-state index contributed by atoms with van der Waals surface area (Å²) in [6.07, 6.45) is -4.54. The molecule has 2 aromatic carbocycles. The highest BCUT2D eigenvalue weighted by molar-refractivity contribution is 7.93. The highest BCUT2D eigenvalue weighted by Gasteiger charge is 2.36. The molecule has 0 spiro atoms. The van der Waals surface area contributed by atoms with Crippen LogP contribution in [0.15, 0.2) is 53.4 Å². The molecule has 0 amide bonds. The van der Waals surface area contributed by atoms with Crippen LogP contribution in [0.5, 0.6) is 0 Å². The summed E-state index contributed by atoms with van der Waals surface area (Å²) < 4.78 is 63.8. The molecule has 0 radical (unpaired) electrons. The lowest BCUT2D eigenvalue weighted by Gasteiger charge is -2.19. The minimum atomic E-state index is -4.54. The summed E-state index contributed by atoms with van der Waals surface area (Å²) >= 11 is 0. The number of alkyl halides is 3. The lowest BCUT2D eigenvalue weighted by molar-refractivity contribution is -0.137. The minimum absolute atomic E-state index is 0.234. The van der Waals surface area contributed by atoms with Gasteiger partial charge in [-0.3, -0.25) is 9.10 Å². The maximum absolute atomic E-state index is 12.6. The average Bonchev–Trinajstić information content (AvgIpc) is 2.85. The first-order valence-electron chi connectivity index (χ1n) is 6.53. The fraction of sp³-hybridized carbons (Fsp3) is 0.133. The van der Waals surface area contributed by atoms with Gasteiger partial charge in [0.05, 0.1) is 22.7 Å². The topological polar surface area (TPSA) is 54.5 Å². The van der Waals surface area contributed by atoms with Crippen molar-refractivity contribution in [3.05, 3.63) is 59.7 Å². The second-order valence-electron chi connectivity index (χ2n) is 4.97. The Kier molecular flexibility index (Phi) is 3.44. The molecular weight excluding hydrogens is 331 g/mol. The number of hydrogen-bond acceptors (Lipinski definition) is 3. The Bertz CT molecular complexity index is 874. The number of halogens is 3. The van der Waals surface area contributed by atoms with Gasteiger partial charge in [0.25, 0.3) is 10.0 Å². The third-order valence-corrected chi connectivity index (χ3v) is 5.30.